The molecule has 0 spiro atoms. The average Bonchev–Trinajstić information content (AvgIpc) is 0.918. The summed E-state index contributed by atoms with van der Waals surface area (Å²) >= 11 is -2.58. The van der Waals surface area contributed by atoms with Crippen LogP contribution >= 0.6 is 0 Å². The van der Waals surface area contributed by atoms with E-state index in [2.05, 4.69) is 0 Å². The minimum atomic E-state index is -2.58. The second-order valence-electron chi connectivity index (χ2n) is 0.101. The number of hydrogen-bond acceptors (Lipinski definition) is 0. The zero-order valence-corrected chi connectivity index (χ0v) is 2.88. The number of halogens is 2. The van der Waals surface area contributed by atoms with Gasteiger partial charge in [0.05, 0.1) is 0 Å². The van der Waals surface area contributed by atoms with Gasteiger partial charge >= 0.3 is 93.0 Å². The fourth-order valence-corrected chi connectivity index (χ4v) is 0. The first-order valence-electron chi connectivity index (χ1n) is 0.535. The molecule has 0 atom stereocenters. The van der Waals surface area contributed by atoms with E-state index in [0.29, 0.717) is 0 Å². The predicted molar refractivity (Wildman–Crippen MR) is 30.8 cm³/mol. The van der Waals surface area contributed by atoms with E-state index in [1.165, 1.54) is 0 Å². The molecule has 0 radical (unpaired) electrons. The van der Waals surface area contributed by atoms with E-state index in [1.54, 1.807) is 0 Å². The third kappa shape index (κ3) is 28.1. The molecule has 0 aromatic rings. The zero-order valence-electron chi connectivity index (χ0n) is 1.46. The second kappa shape index (κ2) is 24.5. The third-order valence-corrected chi connectivity index (χ3v) is 0. The molecule has 6 heteroatoms. The predicted octanol–water partition coefficient (Wildman–Crippen LogP) is -1.75. The molecule has 0 nitrogen and oxygen atoms in total. The SMILES string of the molecule is [F][Mg][F].[LiH].[MgH2].[NaH]. The fourth-order valence-electron chi connectivity index (χ4n) is 0. The molecule has 0 N–H and O–H groups in total. The molecular weight excluding hydrogens is 117 g/mol. The van der Waals surface area contributed by atoms with Gasteiger partial charge in [-0.15, -0.1) is 0 Å². The van der Waals surface area contributed by atoms with Crippen molar-refractivity contribution < 1.29 is 5.91 Å². The van der Waals surface area contributed by atoms with Crippen molar-refractivity contribution in [3.8, 4) is 0 Å². The summed E-state index contributed by atoms with van der Waals surface area (Å²) < 4.78 is 19.5. The van der Waals surface area contributed by atoms with Gasteiger partial charge in [0.25, 0.3) is 0 Å². The Morgan fingerprint density at radius 2 is 1.17 bits per heavy atom. The average molecular weight is 121 g/mol. The van der Waals surface area contributed by atoms with Crippen molar-refractivity contribution in [1.29, 1.82) is 0 Å². The number of hydrogen-bond donors (Lipinski definition) is 0. The molecule has 24 valence electrons. The Morgan fingerprint density at radius 1 is 1.17 bits per heavy atom. The monoisotopic (exact) mass is 120 g/mol. The van der Waals surface area contributed by atoms with Gasteiger partial charge in [-0.3, -0.25) is 0 Å². The molecule has 0 saturated heterocycles. The van der Waals surface area contributed by atoms with E-state index < -0.39 is 21.5 Å². The molecule has 0 unspecified atom stereocenters. The van der Waals surface area contributed by atoms with E-state index in [1.807, 2.05) is 0 Å². The van der Waals surface area contributed by atoms with Gasteiger partial charge in [-0.1, -0.05) is 0 Å². The van der Waals surface area contributed by atoms with Crippen molar-refractivity contribution in [3.05, 3.63) is 0 Å². The summed E-state index contributed by atoms with van der Waals surface area (Å²) in [6.07, 6.45) is 0. The van der Waals surface area contributed by atoms with Crippen LogP contribution in [-0.2, 0) is 0 Å². The van der Waals surface area contributed by atoms with Crippen LogP contribution in [0, 0.1) is 0 Å². The first kappa shape index (κ1) is 23.0. The van der Waals surface area contributed by atoms with Crippen molar-refractivity contribution >= 4 is 93.0 Å². The van der Waals surface area contributed by atoms with Gasteiger partial charge in [-0.05, 0) is 0 Å². The van der Waals surface area contributed by atoms with Crippen molar-refractivity contribution in [1.82, 2.24) is 0 Å². The zero-order chi connectivity index (χ0) is 2.71. The minimum absolute atomic E-state index is 0. The Bertz CT molecular complexity index is 11.5. The van der Waals surface area contributed by atoms with Crippen molar-refractivity contribution in [3.63, 3.8) is 0 Å². The van der Waals surface area contributed by atoms with Crippen LogP contribution in [0.15, 0.2) is 0 Å². The van der Waals surface area contributed by atoms with Crippen LogP contribution in [0.25, 0.3) is 0 Å². The van der Waals surface area contributed by atoms with Crippen LogP contribution in [-0.4, -0.2) is 93.0 Å². The third-order valence-electron chi connectivity index (χ3n) is 0. The second-order valence-corrected chi connectivity index (χ2v) is 0.303. The topological polar surface area (TPSA) is 0 Å². The van der Waals surface area contributed by atoms with Gasteiger partial charge in [0.15, 0.2) is 0 Å². The van der Waals surface area contributed by atoms with Gasteiger partial charge in [-0.2, -0.15) is 0 Å². The van der Waals surface area contributed by atoms with E-state index in [4.69, 9.17) is 0 Å². The molecule has 0 aromatic heterocycles. The van der Waals surface area contributed by atoms with E-state index in [-0.39, 0.29) is 71.5 Å². The Morgan fingerprint density at radius 3 is 1.17 bits per heavy atom. The van der Waals surface area contributed by atoms with Crippen LogP contribution in [0.5, 0.6) is 0 Å². The summed E-state index contributed by atoms with van der Waals surface area (Å²) in [5.41, 5.74) is 0. The van der Waals surface area contributed by atoms with Crippen molar-refractivity contribution in [2.45, 2.75) is 0 Å². The van der Waals surface area contributed by atoms with Crippen LogP contribution in [0.1, 0.15) is 0 Å². The quantitative estimate of drug-likeness (QED) is 0.333. The summed E-state index contributed by atoms with van der Waals surface area (Å²) in [4.78, 5) is 0. The Hall–Kier alpha value is 2.99. The van der Waals surface area contributed by atoms with Gasteiger partial charge in [0.2, 0.25) is 0 Å². The molecule has 0 fully saturated rings. The Balaban J connectivity index is -0.00000000667. The molecular formula is H4F2LiMg2Na. The number of rotatable bonds is 0. The molecule has 0 aliphatic heterocycles. The first-order chi connectivity index (χ1) is 1.41. The molecule has 0 rings (SSSR count). The van der Waals surface area contributed by atoms with Crippen LogP contribution < -0.4 is 0 Å². The standard InChI is InChI=1S/2FH.Li.2Mg.Na.4H/h2*1H;;;;;;;;/q;;;;+2;;;;;/p-2. The van der Waals surface area contributed by atoms with Crippen LogP contribution in [0.3, 0.4) is 0 Å². The normalized spacial score (nSPS) is 1.67. The first-order valence-corrected chi connectivity index (χ1v) is 1.60. The Labute approximate surface area is 97.0 Å². The van der Waals surface area contributed by atoms with Gasteiger partial charge < -0.3 is 5.91 Å². The fraction of sp³-hybridized carbons (Fsp3) is 0. The Kier molecular flexibility index (Phi) is 94.2. The van der Waals surface area contributed by atoms with E-state index >= 15 is 0 Å². The summed E-state index contributed by atoms with van der Waals surface area (Å²) in [6.45, 7) is 0. The van der Waals surface area contributed by atoms with E-state index in [9.17, 15) is 5.91 Å². The molecule has 0 aliphatic rings. The van der Waals surface area contributed by atoms with Crippen LogP contribution in [0.4, 0.5) is 5.91 Å². The van der Waals surface area contributed by atoms with E-state index in [0.717, 1.165) is 0 Å². The molecule has 0 aromatic carbocycles. The molecule has 0 bridgehead atoms. The summed E-state index contributed by atoms with van der Waals surface area (Å²) in [5, 5.41) is 0. The van der Waals surface area contributed by atoms with Gasteiger partial charge in [0.1, 0.15) is 0 Å². The van der Waals surface area contributed by atoms with Crippen molar-refractivity contribution in [2.75, 3.05) is 0 Å². The molecule has 0 saturated carbocycles. The molecule has 0 aliphatic carbocycles. The summed E-state index contributed by atoms with van der Waals surface area (Å²) in [5.74, 6) is 0. The maximum atomic E-state index is 9.76. The van der Waals surface area contributed by atoms with Crippen molar-refractivity contribution in [2.24, 2.45) is 0 Å². The maximum absolute atomic E-state index is 9.76. The van der Waals surface area contributed by atoms with Crippen LogP contribution in [0.2, 0.25) is 0 Å². The summed E-state index contributed by atoms with van der Waals surface area (Å²) in [6, 6.07) is 0. The molecule has 6 heavy (non-hydrogen) atoms. The molecule has 0 heterocycles. The molecule has 0 amide bonds. The summed E-state index contributed by atoms with van der Waals surface area (Å²) in [7, 11) is 0. The van der Waals surface area contributed by atoms with Gasteiger partial charge in [-0.25, -0.2) is 0 Å². The van der Waals surface area contributed by atoms with Gasteiger partial charge in [0, 0.05) is 0 Å².